The van der Waals surface area contributed by atoms with Crippen molar-refractivity contribution in [2.75, 3.05) is 6.61 Å². The van der Waals surface area contributed by atoms with Gasteiger partial charge in [0.15, 0.2) is 6.10 Å². The van der Waals surface area contributed by atoms with E-state index in [9.17, 15) is 22.8 Å². The SMILES string of the molecule is CCCCCCOc1ccc(-c2ccc(C(=O)Oc3ccc(C(=O)O[C@H](CCCCCC)C(F)(F)F)cc3)cc2)cc1. The Kier molecular flexibility index (Phi) is 12.9. The van der Waals surface area contributed by atoms with Crippen LogP contribution in [0.4, 0.5) is 13.2 Å². The van der Waals surface area contributed by atoms with Crippen molar-refractivity contribution in [1.82, 2.24) is 0 Å². The smallest absolute Gasteiger partial charge is 0.425 e. The van der Waals surface area contributed by atoms with Gasteiger partial charge in [0.05, 0.1) is 17.7 Å². The molecule has 3 aromatic carbocycles. The summed E-state index contributed by atoms with van der Waals surface area (Å²) in [4.78, 5) is 25.0. The molecule has 0 unspecified atom stereocenters. The monoisotopic (exact) mass is 584 g/mol. The third kappa shape index (κ3) is 10.5. The summed E-state index contributed by atoms with van der Waals surface area (Å²) in [6.45, 7) is 4.83. The Balaban J connectivity index is 1.52. The highest BCUT2D eigenvalue weighted by Gasteiger charge is 2.42. The van der Waals surface area contributed by atoms with Gasteiger partial charge in [-0.15, -0.1) is 0 Å². The van der Waals surface area contributed by atoms with Gasteiger partial charge in [-0.05, 0) is 78.9 Å². The number of hydrogen-bond donors (Lipinski definition) is 0. The Labute approximate surface area is 246 Å². The summed E-state index contributed by atoms with van der Waals surface area (Å²) < 4.78 is 56.0. The zero-order chi connectivity index (χ0) is 30.4. The molecule has 0 heterocycles. The minimum absolute atomic E-state index is 0.0603. The Bertz CT molecular complexity index is 1240. The van der Waals surface area contributed by atoms with Crippen molar-refractivity contribution < 1.29 is 37.0 Å². The normalized spacial score (nSPS) is 12.0. The van der Waals surface area contributed by atoms with Gasteiger partial charge in [-0.3, -0.25) is 0 Å². The standard InChI is InChI=1S/C34H39F3O5/c1-3-5-7-9-11-31(34(35,36)37)42-33(39)28-18-22-30(23-19-28)41-32(38)27-14-12-25(13-15-27)26-16-20-29(21-17-26)40-24-10-8-6-4-2/h12-23,31H,3-11,24H2,1-2H3/t31-/m1/s1. The summed E-state index contributed by atoms with van der Waals surface area (Å²) in [7, 11) is 0. The quantitative estimate of drug-likeness (QED) is 0.0953. The van der Waals surface area contributed by atoms with E-state index in [0.29, 0.717) is 25.0 Å². The van der Waals surface area contributed by atoms with E-state index in [1.807, 2.05) is 43.3 Å². The molecule has 1 atom stereocenters. The van der Waals surface area contributed by atoms with Crippen LogP contribution in [-0.4, -0.2) is 30.8 Å². The highest BCUT2D eigenvalue weighted by atomic mass is 19.4. The minimum Gasteiger partial charge on any atom is -0.494 e. The highest BCUT2D eigenvalue weighted by molar-refractivity contribution is 5.92. The molecule has 0 spiro atoms. The van der Waals surface area contributed by atoms with Crippen LogP contribution in [0.15, 0.2) is 72.8 Å². The maximum absolute atomic E-state index is 13.3. The number of rotatable bonds is 16. The van der Waals surface area contributed by atoms with E-state index in [4.69, 9.17) is 14.2 Å². The van der Waals surface area contributed by atoms with Crippen molar-refractivity contribution in [3.05, 3.63) is 83.9 Å². The van der Waals surface area contributed by atoms with Gasteiger partial charge in [0, 0.05) is 0 Å². The molecule has 0 saturated carbocycles. The average Bonchev–Trinajstić information content (AvgIpc) is 2.98. The van der Waals surface area contributed by atoms with Crippen LogP contribution in [0.25, 0.3) is 11.1 Å². The van der Waals surface area contributed by atoms with Gasteiger partial charge in [0.1, 0.15) is 11.5 Å². The van der Waals surface area contributed by atoms with Crippen LogP contribution in [0.2, 0.25) is 0 Å². The Morgan fingerprint density at radius 1 is 0.643 bits per heavy atom. The lowest BCUT2D eigenvalue weighted by Gasteiger charge is -2.20. The zero-order valence-electron chi connectivity index (χ0n) is 24.3. The number of esters is 2. The lowest BCUT2D eigenvalue weighted by Crippen LogP contribution is -2.33. The Hall–Kier alpha value is -3.81. The van der Waals surface area contributed by atoms with Gasteiger partial charge in [-0.2, -0.15) is 13.2 Å². The molecule has 5 nitrogen and oxygen atoms in total. The first-order chi connectivity index (χ1) is 20.2. The number of hydrogen-bond acceptors (Lipinski definition) is 5. The third-order valence-electron chi connectivity index (χ3n) is 6.81. The predicted molar refractivity (Wildman–Crippen MR) is 157 cm³/mol. The fraction of sp³-hybridized carbons (Fsp3) is 0.412. The first kappa shape index (κ1) is 32.7. The van der Waals surface area contributed by atoms with E-state index in [2.05, 4.69) is 6.92 Å². The molecule has 0 aliphatic carbocycles. The van der Waals surface area contributed by atoms with Crippen LogP contribution in [-0.2, 0) is 4.74 Å². The largest absolute Gasteiger partial charge is 0.494 e. The average molecular weight is 585 g/mol. The number of alkyl halides is 3. The van der Waals surface area contributed by atoms with Crippen LogP contribution in [0.5, 0.6) is 11.5 Å². The van der Waals surface area contributed by atoms with E-state index in [-0.39, 0.29) is 17.7 Å². The van der Waals surface area contributed by atoms with Crippen molar-refractivity contribution in [2.24, 2.45) is 0 Å². The first-order valence-electron chi connectivity index (χ1n) is 14.6. The molecule has 3 rings (SSSR count). The van der Waals surface area contributed by atoms with Crippen LogP contribution in [0, 0.1) is 0 Å². The van der Waals surface area contributed by atoms with E-state index in [1.165, 1.54) is 37.1 Å². The van der Waals surface area contributed by atoms with Gasteiger partial charge >= 0.3 is 18.1 Å². The first-order valence-corrected chi connectivity index (χ1v) is 14.6. The summed E-state index contributed by atoms with van der Waals surface area (Å²) in [5, 5.41) is 0. The fourth-order valence-electron chi connectivity index (χ4n) is 4.33. The molecule has 8 heteroatoms. The molecular weight excluding hydrogens is 545 g/mol. The Morgan fingerprint density at radius 3 is 1.71 bits per heavy atom. The van der Waals surface area contributed by atoms with Crippen molar-refractivity contribution >= 4 is 11.9 Å². The van der Waals surface area contributed by atoms with E-state index >= 15 is 0 Å². The second kappa shape index (κ2) is 16.6. The minimum atomic E-state index is -4.64. The van der Waals surface area contributed by atoms with Crippen molar-refractivity contribution in [3.63, 3.8) is 0 Å². The number of carbonyl (C=O) groups excluding carboxylic acids is 2. The number of carbonyl (C=O) groups is 2. The molecule has 0 aliphatic heterocycles. The van der Waals surface area contributed by atoms with Crippen molar-refractivity contribution in [3.8, 4) is 22.6 Å². The van der Waals surface area contributed by atoms with Gasteiger partial charge in [-0.25, -0.2) is 9.59 Å². The summed E-state index contributed by atoms with van der Waals surface area (Å²) >= 11 is 0. The number of benzene rings is 3. The van der Waals surface area contributed by atoms with E-state index in [0.717, 1.165) is 42.6 Å². The van der Waals surface area contributed by atoms with E-state index < -0.39 is 24.2 Å². The van der Waals surface area contributed by atoms with Crippen LogP contribution in [0.3, 0.4) is 0 Å². The summed E-state index contributed by atoms with van der Waals surface area (Å²) in [5.41, 5.74) is 2.16. The molecule has 0 saturated heterocycles. The molecule has 0 N–H and O–H groups in total. The molecule has 0 bridgehead atoms. The molecule has 226 valence electrons. The highest BCUT2D eigenvalue weighted by Crippen LogP contribution is 2.29. The van der Waals surface area contributed by atoms with Crippen LogP contribution >= 0.6 is 0 Å². The van der Waals surface area contributed by atoms with E-state index in [1.54, 1.807) is 12.1 Å². The maximum Gasteiger partial charge on any atom is 0.425 e. The topological polar surface area (TPSA) is 61.8 Å². The fourth-order valence-corrected chi connectivity index (χ4v) is 4.33. The van der Waals surface area contributed by atoms with Gasteiger partial charge in [0.2, 0.25) is 0 Å². The van der Waals surface area contributed by atoms with Crippen LogP contribution < -0.4 is 9.47 Å². The number of ether oxygens (including phenoxy) is 3. The molecule has 0 fully saturated rings. The van der Waals surface area contributed by atoms with Crippen molar-refractivity contribution in [1.29, 1.82) is 0 Å². The molecule has 42 heavy (non-hydrogen) atoms. The maximum atomic E-state index is 13.3. The molecular formula is C34H39F3O5. The molecule has 0 aromatic heterocycles. The zero-order valence-corrected chi connectivity index (χ0v) is 24.3. The Morgan fingerprint density at radius 2 is 1.14 bits per heavy atom. The predicted octanol–water partition coefficient (Wildman–Crippen LogP) is 9.59. The molecule has 0 radical (unpaired) electrons. The summed E-state index contributed by atoms with van der Waals surface area (Å²) in [6, 6.07) is 20.0. The number of halogens is 3. The molecule has 0 aliphatic rings. The van der Waals surface area contributed by atoms with Gasteiger partial charge in [-0.1, -0.05) is 76.6 Å². The molecule has 0 amide bonds. The van der Waals surface area contributed by atoms with Crippen LogP contribution in [0.1, 0.15) is 92.4 Å². The van der Waals surface area contributed by atoms with Gasteiger partial charge < -0.3 is 14.2 Å². The third-order valence-corrected chi connectivity index (χ3v) is 6.81. The lowest BCUT2D eigenvalue weighted by atomic mass is 10.0. The lowest BCUT2D eigenvalue weighted by molar-refractivity contribution is -0.206. The second-order valence-electron chi connectivity index (χ2n) is 10.2. The van der Waals surface area contributed by atoms with Gasteiger partial charge in [0.25, 0.3) is 0 Å². The summed E-state index contributed by atoms with van der Waals surface area (Å²) in [5.74, 6) is -0.712. The number of unbranched alkanes of at least 4 members (excludes halogenated alkanes) is 6. The molecule has 3 aromatic rings. The second-order valence-corrected chi connectivity index (χ2v) is 10.2. The van der Waals surface area contributed by atoms with Crippen molar-refractivity contribution in [2.45, 2.75) is 83.9 Å². The summed E-state index contributed by atoms with van der Waals surface area (Å²) in [6.07, 6.45) is 0.201.